The number of halogens is 1. The molecule has 0 fully saturated rings. The normalized spacial score (nSPS) is 20.7. The van der Waals surface area contributed by atoms with Crippen molar-refractivity contribution in [3.63, 3.8) is 0 Å². The average molecular weight is 471 g/mol. The van der Waals surface area contributed by atoms with Crippen LogP contribution in [-0.4, -0.2) is 7.11 Å². The molecule has 2 aromatic rings. The van der Waals surface area contributed by atoms with Crippen molar-refractivity contribution in [2.45, 2.75) is 31.8 Å². The number of ether oxygens (including phenoxy) is 2. The molecule has 2 aromatic carbocycles. The third-order valence-electron chi connectivity index (χ3n) is 6.68. The largest absolute Gasteiger partial charge is 0.496 e. The number of allylic oxidation sites excluding steroid dienone is 4. The Kier molecular flexibility index (Phi) is 6.51. The molecule has 2 aliphatic carbocycles. The van der Waals surface area contributed by atoms with E-state index in [4.69, 9.17) is 26.8 Å². The number of nitrogens with two attached hydrogens (primary N) is 1. The van der Waals surface area contributed by atoms with E-state index < -0.39 is 11.3 Å². The predicted octanol–water partition coefficient (Wildman–Crippen LogP) is 5.52. The Morgan fingerprint density at radius 2 is 1.88 bits per heavy atom. The van der Waals surface area contributed by atoms with Crippen LogP contribution in [0.25, 0.3) is 0 Å². The molecule has 0 bridgehead atoms. The van der Waals surface area contributed by atoms with E-state index in [0.717, 1.165) is 36.0 Å². The van der Waals surface area contributed by atoms with Crippen LogP contribution in [0.1, 0.15) is 36.3 Å². The topological polar surface area (TPSA) is 116 Å². The van der Waals surface area contributed by atoms with Gasteiger partial charge in [-0.3, -0.25) is 0 Å². The fourth-order valence-corrected chi connectivity index (χ4v) is 5.26. The van der Waals surface area contributed by atoms with Gasteiger partial charge in [0.05, 0.1) is 35.5 Å². The highest BCUT2D eigenvalue weighted by atomic mass is 35.5. The molecular weight excluding hydrogens is 448 g/mol. The molecule has 170 valence electrons. The summed E-state index contributed by atoms with van der Waals surface area (Å²) in [4.78, 5) is 0. The molecule has 2 N–H and O–H groups in total. The van der Waals surface area contributed by atoms with Crippen molar-refractivity contribution in [3.05, 3.63) is 81.5 Å². The summed E-state index contributed by atoms with van der Waals surface area (Å²) in [6.07, 6.45) is 4.53. The molecule has 4 rings (SSSR count). The SMILES string of the molecule is COc1ccc([C@H]2[C@@H]3CCCC=C3C(C#N)=C(N)C2(C#N)C#N)cc1COc1ccccc1Cl. The van der Waals surface area contributed by atoms with Gasteiger partial charge in [-0.2, -0.15) is 15.8 Å². The fourth-order valence-electron chi connectivity index (χ4n) is 5.07. The molecule has 7 heteroatoms. The lowest BCUT2D eigenvalue weighted by molar-refractivity contribution is 0.294. The maximum atomic E-state index is 10.2. The number of methoxy groups -OCH3 is 1. The zero-order chi connectivity index (χ0) is 24.3. The lowest BCUT2D eigenvalue weighted by Crippen LogP contribution is -2.42. The Morgan fingerprint density at radius 3 is 2.56 bits per heavy atom. The van der Waals surface area contributed by atoms with Gasteiger partial charge in [-0.15, -0.1) is 0 Å². The van der Waals surface area contributed by atoms with Crippen molar-refractivity contribution < 1.29 is 9.47 Å². The Morgan fingerprint density at radius 1 is 1.12 bits per heavy atom. The van der Waals surface area contributed by atoms with Crippen molar-refractivity contribution >= 4 is 11.6 Å². The molecule has 0 aromatic heterocycles. The number of nitrogens with zero attached hydrogens (tertiary/aromatic N) is 3. The predicted molar refractivity (Wildman–Crippen MR) is 127 cm³/mol. The summed E-state index contributed by atoms with van der Waals surface area (Å²) in [6.45, 7) is 0.182. The molecule has 0 saturated carbocycles. The van der Waals surface area contributed by atoms with Crippen LogP contribution in [-0.2, 0) is 6.61 Å². The summed E-state index contributed by atoms with van der Waals surface area (Å²) in [6, 6.07) is 19.3. The minimum absolute atomic E-state index is 0.0269. The van der Waals surface area contributed by atoms with Crippen molar-refractivity contribution in [2.75, 3.05) is 7.11 Å². The van der Waals surface area contributed by atoms with Gasteiger partial charge in [-0.25, -0.2) is 0 Å². The van der Waals surface area contributed by atoms with Crippen LogP contribution in [0.4, 0.5) is 0 Å². The van der Waals surface area contributed by atoms with Crippen LogP contribution in [0.5, 0.6) is 11.5 Å². The molecule has 6 nitrogen and oxygen atoms in total. The van der Waals surface area contributed by atoms with Crippen LogP contribution in [0.15, 0.2) is 65.4 Å². The Balaban J connectivity index is 1.82. The molecular formula is C27H23ClN4O2. The summed E-state index contributed by atoms with van der Waals surface area (Å²) in [5.41, 5.74) is 7.38. The second-order valence-corrected chi connectivity index (χ2v) is 8.80. The maximum Gasteiger partial charge on any atom is 0.191 e. The zero-order valence-corrected chi connectivity index (χ0v) is 19.5. The van der Waals surface area contributed by atoms with Gasteiger partial charge in [-0.1, -0.05) is 35.9 Å². The number of hydrogen-bond donors (Lipinski definition) is 1. The van der Waals surface area contributed by atoms with Crippen molar-refractivity contribution in [1.82, 2.24) is 0 Å². The number of nitriles is 3. The minimum atomic E-state index is -1.65. The molecule has 0 aliphatic heterocycles. The van der Waals surface area contributed by atoms with Gasteiger partial charge < -0.3 is 15.2 Å². The van der Waals surface area contributed by atoms with E-state index in [0.29, 0.717) is 16.5 Å². The lowest BCUT2D eigenvalue weighted by atomic mass is 9.56. The van der Waals surface area contributed by atoms with E-state index in [1.165, 1.54) is 0 Å². The summed E-state index contributed by atoms with van der Waals surface area (Å²) in [7, 11) is 1.57. The number of hydrogen-bond acceptors (Lipinski definition) is 6. The van der Waals surface area contributed by atoms with Crippen LogP contribution in [0, 0.1) is 45.3 Å². The molecule has 0 amide bonds. The molecule has 2 aliphatic rings. The van der Waals surface area contributed by atoms with Crippen LogP contribution < -0.4 is 15.2 Å². The Hall–Kier alpha value is -3.92. The smallest absolute Gasteiger partial charge is 0.191 e. The first-order valence-electron chi connectivity index (χ1n) is 11.0. The van der Waals surface area contributed by atoms with Crippen LogP contribution in [0.2, 0.25) is 5.02 Å². The third-order valence-corrected chi connectivity index (χ3v) is 6.99. The van der Waals surface area contributed by atoms with Crippen LogP contribution in [0.3, 0.4) is 0 Å². The Labute approximate surface area is 204 Å². The molecule has 0 saturated heterocycles. The van der Waals surface area contributed by atoms with E-state index in [-0.39, 0.29) is 23.8 Å². The lowest BCUT2D eigenvalue weighted by Gasteiger charge is -2.43. The van der Waals surface area contributed by atoms with Crippen molar-refractivity contribution in [3.8, 4) is 29.7 Å². The maximum absolute atomic E-state index is 10.2. The van der Waals surface area contributed by atoms with E-state index in [1.807, 2.05) is 36.4 Å². The first-order chi connectivity index (χ1) is 16.5. The molecule has 34 heavy (non-hydrogen) atoms. The molecule has 0 unspecified atom stereocenters. The zero-order valence-electron chi connectivity index (χ0n) is 18.7. The highest BCUT2D eigenvalue weighted by Gasteiger charge is 2.53. The first-order valence-corrected chi connectivity index (χ1v) is 11.4. The second-order valence-electron chi connectivity index (χ2n) is 8.40. The van der Waals surface area contributed by atoms with Gasteiger partial charge in [0.2, 0.25) is 0 Å². The first kappa shape index (κ1) is 23.2. The van der Waals surface area contributed by atoms with Gasteiger partial charge in [-0.05, 0) is 60.6 Å². The number of fused-ring (bicyclic) bond motifs is 1. The second kappa shape index (κ2) is 9.52. The highest BCUT2D eigenvalue weighted by Crippen LogP contribution is 2.56. The quantitative estimate of drug-likeness (QED) is 0.614. The highest BCUT2D eigenvalue weighted by molar-refractivity contribution is 6.32. The summed E-state index contributed by atoms with van der Waals surface area (Å²) >= 11 is 6.23. The van der Waals surface area contributed by atoms with Gasteiger partial charge in [0.25, 0.3) is 0 Å². The number of benzene rings is 2. The number of rotatable bonds is 5. The van der Waals surface area contributed by atoms with Crippen molar-refractivity contribution in [1.29, 1.82) is 15.8 Å². The van der Waals surface area contributed by atoms with Gasteiger partial charge in [0, 0.05) is 11.5 Å². The molecule has 0 radical (unpaired) electrons. The fraction of sp³-hybridized carbons (Fsp3) is 0.296. The number of para-hydroxylation sites is 1. The third kappa shape index (κ3) is 3.75. The van der Waals surface area contributed by atoms with E-state index in [9.17, 15) is 15.8 Å². The summed E-state index contributed by atoms with van der Waals surface area (Å²) in [5, 5.41) is 30.7. The van der Waals surface area contributed by atoms with Gasteiger partial charge in [0.1, 0.15) is 24.2 Å². The van der Waals surface area contributed by atoms with Gasteiger partial charge in [0.15, 0.2) is 5.41 Å². The van der Waals surface area contributed by atoms with E-state index in [1.54, 1.807) is 19.2 Å². The van der Waals surface area contributed by atoms with Crippen LogP contribution >= 0.6 is 11.6 Å². The van der Waals surface area contributed by atoms with Gasteiger partial charge >= 0.3 is 0 Å². The molecule has 0 spiro atoms. The van der Waals surface area contributed by atoms with E-state index in [2.05, 4.69) is 18.2 Å². The summed E-state index contributed by atoms with van der Waals surface area (Å²) in [5.74, 6) is 0.463. The molecule has 2 atom stereocenters. The standard InChI is InChI=1S/C27H23ClN4O2/c1-33-23-11-10-17(12-18(23)14-34-24-9-5-4-8-22(24)28)25-20-7-3-2-6-19(20)21(13-29)26(32)27(25,15-30)16-31/h4-6,8-12,20,25H,2-3,7,14,32H2,1H3/t20-,25+/m1/s1. The summed E-state index contributed by atoms with van der Waals surface area (Å²) < 4.78 is 11.5. The minimum Gasteiger partial charge on any atom is -0.496 e. The van der Waals surface area contributed by atoms with Crippen molar-refractivity contribution in [2.24, 2.45) is 17.1 Å². The molecule has 0 heterocycles. The average Bonchev–Trinajstić information content (AvgIpc) is 2.87. The van der Waals surface area contributed by atoms with E-state index >= 15 is 0 Å². The monoisotopic (exact) mass is 470 g/mol. The Bertz CT molecular complexity index is 1300.